The van der Waals surface area contributed by atoms with Crippen molar-refractivity contribution in [2.45, 2.75) is 74.7 Å². The summed E-state index contributed by atoms with van der Waals surface area (Å²) in [4.78, 5) is 18.5. The van der Waals surface area contributed by atoms with Crippen LogP contribution in [0.25, 0.3) is 0 Å². The molecule has 2 fully saturated rings. The number of benzene rings is 2. The highest BCUT2D eigenvalue weighted by Crippen LogP contribution is 2.47. The molecule has 1 saturated carbocycles. The third-order valence-electron chi connectivity index (χ3n) is 11.9. The van der Waals surface area contributed by atoms with E-state index >= 15 is 0 Å². The molecule has 3 heterocycles. The number of sulfonamides is 1. The van der Waals surface area contributed by atoms with Crippen LogP contribution in [0, 0.1) is 11.8 Å². The van der Waals surface area contributed by atoms with Gasteiger partial charge in [-0.3, -0.25) is 9.69 Å². The Morgan fingerprint density at radius 1 is 1.12 bits per heavy atom. The van der Waals surface area contributed by atoms with Crippen molar-refractivity contribution < 1.29 is 32.2 Å². The number of methoxy groups -OCH3 is 1. The van der Waals surface area contributed by atoms with E-state index in [4.69, 9.17) is 30.5 Å². The number of fused-ring (bicyclic) bond motifs is 4. The molecule has 3 aliphatic heterocycles. The maximum atomic E-state index is 13.7. The highest BCUT2D eigenvalue weighted by atomic mass is 35.5. The van der Waals surface area contributed by atoms with Gasteiger partial charge in [0.15, 0.2) is 0 Å². The minimum Gasteiger partial charge on any atom is -0.490 e. The van der Waals surface area contributed by atoms with Gasteiger partial charge in [-0.05, 0) is 98.2 Å². The number of nitrogens with zero attached hydrogens (tertiary/aromatic N) is 2. The van der Waals surface area contributed by atoms with E-state index in [9.17, 15) is 13.2 Å². The first kappa shape index (κ1) is 36.7. The Kier molecular flexibility index (Phi) is 11.3. The lowest BCUT2D eigenvalue weighted by atomic mass is 9.68. The van der Waals surface area contributed by atoms with Crippen molar-refractivity contribution in [1.29, 1.82) is 0 Å². The molecular weight excluding hydrogens is 690 g/mol. The van der Waals surface area contributed by atoms with E-state index in [1.807, 2.05) is 31.2 Å². The van der Waals surface area contributed by atoms with Crippen molar-refractivity contribution >= 4 is 33.2 Å². The van der Waals surface area contributed by atoms with E-state index < -0.39 is 27.3 Å². The molecule has 2 aromatic rings. The highest BCUT2D eigenvalue weighted by molar-refractivity contribution is 7.90. The van der Waals surface area contributed by atoms with Crippen molar-refractivity contribution in [1.82, 2.24) is 9.62 Å². The second-order valence-electron chi connectivity index (χ2n) is 14.9. The van der Waals surface area contributed by atoms with Crippen molar-refractivity contribution in [2.24, 2.45) is 11.8 Å². The van der Waals surface area contributed by atoms with Crippen LogP contribution < -0.4 is 14.4 Å². The topological polar surface area (TPSA) is 107 Å². The number of ether oxygens (including phenoxy) is 4. The minimum atomic E-state index is -4.07. The number of aryl methyl sites for hydroxylation is 1. The van der Waals surface area contributed by atoms with Crippen molar-refractivity contribution in [3.63, 3.8) is 0 Å². The van der Waals surface area contributed by atoms with E-state index in [2.05, 4.69) is 32.7 Å². The zero-order valence-electron chi connectivity index (χ0n) is 29.9. The monoisotopic (exact) mass is 741 g/mol. The molecule has 7 rings (SSSR count). The lowest BCUT2D eigenvalue weighted by molar-refractivity contribution is -0.0315. The summed E-state index contributed by atoms with van der Waals surface area (Å²) in [6.07, 6.45) is 9.19. The molecule has 278 valence electrons. The number of nitrogens with one attached hydrogen (secondary N) is 1. The third-order valence-corrected chi connectivity index (χ3v) is 14.1. The van der Waals surface area contributed by atoms with Gasteiger partial charge in [0, 0.05) is 55.8 Å². The minimum absolute atomic E-state index is 0.118. The lowest BCUT2D eigenvalue weighted by Crippen LogP contribution is -2.50. The smallest absolute Gasteiger partial charge is 0.264 e. The number of rotatable bonds is 6. The van der Waals surface area contributed by atoms with Crippen molar-refractivity contribution in [2.75, 3.05) is 71.2 Å². The van der Waals surface area contributed by atoms with Crippen LogP contribution in [0.2, 0.25) is 5.02 Å². The summed E-state index contributed by atoms with van der Waals surface area (Å²) in [6.45, 7) is 8.55. The molecule has 10 nitrogen and oxygen atoms in total. The Labute approximate surface area is 307 Å². The Morgan fingerprint density at radius 2 is 1.96 bits per heavy atom. The maximum absolute atomic E-state index is 13.7. The van der Waals surface area contributed by atoms with Gasteiger partial charge in [0.2, 0.25) is 10.0 Å². The average Bonchev–Trinajstić information content (AvgIpc) is 3.26. The standard InChI is InChI=1S/C39H52ClN3O7S/c1-3-37-36(47-2)8-4-7-34(49-21-18-42-16-19-48-20-17-42)31-12-9-29(31)24-43-25-39(15-5-6-27-22-30(40)11-13-32(27)39)26-50-35-14-10-28(23-33(35)43)38(44)41-51(37,45)46/h4,7,10-11,13-14,22-23,29,31,34,36-37H,3,5-6,8-9,12,15-21,24-26H2,1-2H3,(H,41,44)/b7-4+/t29-,31+,34-,36+,37-,39-/m0/s1. The van der Waals surface area contributed by atoms with Crippen LogP contribution in [0.3, 0.4) is 0 Å². The van der Waals surface area contributed by atoms with Crippen molar-refractivity contribution in [3.05, 3.63) is 70.3 Å². The van der Waals surface area contributed by atoms with Gasteiger partial charge in [-0.1, -0.05) is 36.7 Å². The molecule has 1 spiro atoms. The van der Waals surface area contributed by atoms with E-state index in [0.29, 0.717) is 44.3 Å². The van der Waals surface area contributed by atoms with Crippen LogP contribution in [-0.4, -0.2) is 103 Å². The molecule has 51 heavy (non-hydrogen) atoms. The molecular formula is C39H52ClN3O7S. The van der Waals surface area contributed by atoms with Crippen molar-refractivity contribution in [3.8, 4) is 5.75 Å². The summed E-state index contributed by atoms with van der Waals surface area (Å²) in [5.74, 6) is 0.693. The second-order valence-corrected chi connectivity index (χ2v) is 17.3. The molecule has 2 aromatic carbocycles. The number of carbonyl (C=O) groups is 1. The predicted molar refractivity (Wildman–Crippen MR) is 198 cm³/mol. The fourth-order valence-corrected chi connectivity index (χ4v) is 10.7. The molecule has 6 atom stereocenters. The average molecular weight is 742 g/mol. The van der Waals surface area contributed by atoms with Crippen LogP contribution in [-0.2, 0) is 36.1 Å². The van der Waals surface area contributed by atoms with Gasteiger partial charge in [-0.2, -0.15) is 0 Å². The summed E-state index contributed by atoms with van der Waals surface area (Å²) < 4.78 is 54.5. The Morgan fingerprint density at radius 3 is 2.73 bits per heavy atom. The molecule has 2 bridgehead atoms. The normalized spacial score (nSPS) is 31.7. The summed E-state index contributed by atoms with van der Waals surface area (Å²) in [5.41, 5.74) is 3.38. The number of anilines is 1. The fourth-order valence-electron chi connectivity index (χ4n) is 8.95. The summed E-state index contributed by atoms with van der Waals surface area (Å²) in [5, 5.41) is -0.173. The fraction of sp³-hybridized carbons (Fsp3) is 0.615. The molecule has 1 saturated heterocycles. The van der Waals surface area contributed by atoms with Gasteiger partial charge in [0.1, 0.15) is 11.0 Å². The van der Waals surface area contributed by atoms with Gasteiger partial charge >= 0.3 is 0 Å². The number of morpholine rings is 1. The van der Waals surface area contributed by atoms with Gasteiger partial charge < -0.3 is 23.8 Å². The number of hydrogen-bond donors (Lipinski definition) is 1. The molecule has 1 N–H and O–H groups in total. The number of hydrogen-bond acceptors (Lipinski definition) is 9. The Balaban J connectivity index is 1.25. The van der Waals surface area contributed by atoms with Crippen LogP contribution >= 0.6 is 11.6 Å². The number of carbonyl (C=O) groups excluding carboxylic acids is 1. The Bertz CT molecular complexity index is 1700. The molecule has 0 radical (unpaired) electrons. The maximum Gasteiger partial charge on any atom is 0.264 e. The molecule has 0 aromatic heterocycles. The molecule has 5 aliphatic rings. The van der Waals surface area contributed by atoms with Gasteiger partial charge in [-0.25, -0.2) is 13.1 Å². The number of amides is 1. The largest absolute Gasteiger partial charge is 0.490 e. The van der Waals surface area contributed by atoms with Gasteiger partial charge in [0.05, 0.1) is 44.3 Å². The first-order valence-corrected chi connectivity index (χ1v) is 20.6. The van der Waals surface area contributed by atoms with Gasteiger partial charge in [-0.15, -0.1) is 0 Å². The number of halogens is 1. The lowest BCUT2D eigenvalue weighted by Gasteiger charge is -2.46. The summed E-state index contributed by atoms with van der Waals surface area (Å²) in [6, 6.07) is 11.6. The first-order valence-electron chi connectivity index (χ1n) is 18.7. The summed E-state index contributed by atoms with van der Waals surface area (Å²) in [7, 11) is -2.54. The zero-order chi connectivity index (χ0) is 35.6. The second kappa shape index (κ2) is 15.7. The first-order chi connectivity index (χ1) is 24.7. The quantitative estimate of drug-likeness (QED) is 0.392. The molecule has 1 amide bonds. The van der Waals surface area contributed by atoms with Crippen LogP contribution in [0.15, 0.2) is 48.6 Å². The predicted octanol–water partition coefficient (Wildman–Crippen LogP) is 5.37. The van der Waals surface area contributed by atoms with Gasteiger partial charge in [0.25, 0.3) is 5.91 Å². The van der Waals surface area contributed by atoms with E-state index in [1.165, 1.54) is 18.2 Å². The molecule has 0 unspecified atom stereocenters. The van der Waals surface area contributed by atoms with Crippen LogP contribution in [0.4, 0.5) is 5.69 Å². The third kappa shape index (κ3) is 7.85. The van der Waals surface area contributed by atoms with Crippen LogP contribution in [0.5, 0.6) is 5.75 Å². The van der Waals surface area contributed by atoms with E-state index in [0.717, 1.165) is 82.2 Å². The van der Waals surface area contributed by atoms with E-state index in [-0.39, 0.29) is 23.0 Å². The molecule has 12 heteroatoms. The van der Waals surface area contributed by atoms with Crippen LogP contribution in [0.1, 0.15) is 66.9 Å². The SMILES string of the molecule is CC[C@H]1[C@H](OC)C/C=C/[C@H](OCCN2CCOCC2)[C@@H]2CC[C@H]2CN2C[C@@]3(CCCc4cc(Cl)ccc43)COc3ccc(cc32)C(=O)NS1(=O)=O. The summed E-state index contributed by atoms with van der Waals surface area (Å²) >= 11 is 6.47. The highest BCUT2D eigenvalue weighted by Gasteiger charge is 2.45. The molecule has 2 aliphatic carbocycles. The Hall–Kier alpha value is -2.67. The van der Waals surface area contributed by atoms with E-state index in [1.54, 1.807) is 6.07 Å². The zero-order valence-corrected chi connectivity index (χ0v) is 31.4.